The first-order chi connectivity index (χ1) is 8.02. The summed E-state index contributed by atoms with van der Waals surface area (Å²) in [6.07, 6.45) is 3.62. The molecule has 0 aromatic heterocycles. The number of hydrogen-bond acceptors (Lipinski definition) is 2. The van der Waals surface area contributed by atoms with E-state index in [9.17, 15) is 18.3 Å². The molecule has 1 aromatic rings. The highest BCUT2D eigenvalue weighted by atomic mass is 19.2. The predicted octanol–water partition coefficient (Wildman–Crippen LogP) is 3.00. The molecule has 0 bridgehead atoms. The molecule has 0 unspecified atom stereocenters. The van der Waals surface area contributed by atoms with Crippen LogP contribution in [0.3, 0.4) is 0 Å². The quantitative estimate of drug-likeness (QED) is 0.787. The van der Waals surface area contributed by atoms with Gasteiger partial charge in [0, 0.05) is 17.7 Å². The lowest BCUT2D eigenvalue weighted by Gasteiger charge is -2.21. The van der Waals surface area contributed by atoms with E-state index in [0.717, 1.165) is 25.7 Å². The Morgan fingerprint density at radius 3 is 2.35 bits per heavy atom. The van der Waals surface area contributed by atoms with Gasteiger partial charge in [0.05, 0.1) is 0 Å². The predicted molar refractivity (Wildman–Crippen MR) is 56.9 cm³/mol. The van der Waals surface area contributed by atoms with Gasteiger partial charge in [0.15, 0.2) is 17.5 Å². The van der Waals surface area contributed by atoms with E-state index >= 15 is 0 Å². The number of nitrogens with two attached hydrogens (primary N) is 1. The van der Waals surface area contributed by atoms with Gasteiger partial charge in [0.1, 0.15) is 5.75 Å². The number of hydrogen-bond donors (Lipinski definition) is 2. The number of rotatable bonds is 2. The lowest BCUT2D eigenvalue weighted by molar-refractivity contribution is 0.369. The average Bonchev–Trinajstić information content (AvgIpc) is 2.79. The Morgan fingerprint density at radius 2 is 1.76 bits per heavy atom. The van der Waals surface area contributed by atoms with Crippen molar-refractivity contribution >= 4 is 0 Å². The van der Waals surface area contributed by atoms with Crippen LogP contribution in [0.2, 0.25) is 0 Å². The summed E-state index contributed by atoms with van der Waals surface area (Å²) in [6, 6.07) is -0.213. The first kappa shape index (κ1) is 12.2. The van der Waals surface area contributed by atoms with E-state index in [0.29, 0.717) is 6.07 Å². The minimum Gasteiger partial charge on any atom is -0.507 e. The molecule has 0 amide bonds. The standard InChI is InChI=1S/C12H14F3NO/c13-7-5-8(17)9(11(15)10(7)14)12(16)6-3-1-2-4-6/h5-6,12,17H,1-4,16H2/t12-/m1/s1. The summed E-state index contributed by atoms with van der Waals surface area (Å²) in [5, 5.41) is 9.50. The van der Waals surface area contributed by atoms with Crippen molar-refractivity contribution in [2.45, 2.75) is 31.7 Å². The minimum atomic E-state index is -1.58. The molecule has 1 aliphatic carbocycles. The number of benzene rings is 1. The highest BCUT2D eigenvalue weighted by molar-refractivity contribution is 5.37. The molecule has 0 radical (unpaired) electrons. The van der Waals surface area contributed by atoms with Crippen LogP contribution in [-0.2, 0) is 0 Å². The Hall–Kier alpha value is -1.23. The number of phenols is 1. The fourth-order valence-corrected chi connectivity index (χ4v) is 2.47. The number of halogens is 3. The van der Waals surface area contributed by atoms with Crippen molar-refractivity contribution in [3.05, 3.63) is 29.1 Å². The van der Waals surface area contributed by atoms with Gasteiger partial charge in [-0.05, 0) is 18.8 Å². The zero-order valence-corrected chi connectivity index (χ0v) is 9.22. The van der Waals surface area contributed by atoms with Gasteiger partial charge >= 0.3 is 0 Å². The lowest BCUT2D eigenvalue weighted by atomic mass is 9.91. The molecule has 1 saturated carbocycles. The topological polar surface area (TPSA) is 46.2 Å². The molecule has 0 heterocycles. The molecule has 1 aliphatic rings. The van der Waals surface area contributed by atoms with Gasteiger partial charge in [-0.1, -0.05) is 12.8 Å². The first-order valence-electron chi connectivity index (χ1n) is 5.64. The van der Waals surface area contributed by atoms with Crippen LogP contribution >= 0.6 is 0 Å². The van der Waals surface area contributed by atoms with Crippen LogP contribution in [0.15, 0.2) is 6.07 Å². The molecular formula is C12H14F3NO. The maximum atomic E-state index is 13.6. The van der Waals surface area contributed by atoms with Crippen molar-refractivity contribution in [1.29, 1.82) is 0 Å². The second-order valence-electron chi connectivity index (χ2n) is 4.49. The van der Waals surface area contributed by atoms with E-state index in [4.69, 9.17) is 5.73 Å². The molecule has 17 heavy (non-hydrogen) atoms. The van der Waals surface area contributed by atoms with Crippen LogP contribution in [0, 0.1) is 23.4 Å². The van der Waals surface area contributed by atoms with Gasteiger partial charge in [-0.3, -0.25) is 0 Å². The van der Waals surface area contributed by atoms with Crippen LogP contribution in [0.4, 0.5) is 13.2 Å². The van der Waals surface area contributed by atoms with Crippen LogP contribution in [0.1, 0.15) is 37.3 Å². The van der Waals surface area contributed by atoms with Crippen molar-refractivity contribution in [2.75, 3.05) is 0 Å². The maximum Gasteiger partial charge on any atom is 0.195 e. The lowest BCUT2D eigenvalue weighted by Crippen LogP contribution is -2.21. The van der Waals surface area contributed by atoms with Crippen molar-refractivity contribution in [3.8, 4) is 5.75 Å². The summed E-state index contributed by atoms with van der Waals surface area (Å²) in [4.78, 5) is 0. The van der Waals surface area contributed by atoms with Crippen molar-refractivity contribution in [2.24, 2.45) is 11.7 Å². The van der Waals surface area contributed by atoms with E-state index in [1.54, 1.807) is 0 Å². The summed E-state index contributed by atoms with van der Waals surface area (Å²) >= 11 is 0. The van der Waals surface area contributed by atoms with Gasteiger partial charge in [0.25, 0.3) is 0 Å². The van der Waals surface area contributed by atoms with E-state index in [1.165, 1.54) is 0 Å². The van der Waals surface area contributed by atoms with Crippen LogP contribution in [-0.4, -0.2) is 5.11 Å². The molecule has 1 aromatic carbocycles. The molecule has 94 valence electrons. The van der Waals surface area contributed by atoms with Crippen molar-refractivity contribution < 1.29 is 18.3 Å². The minimum absolute atomic E-state index is 0.0141. The van der Waals surface area contributed by atoms with Crippen molar-refractivity contribution in [1.82, 2.24) is 0 Å². The Bertz CT molecular complexity index is 430. The summed E-state index contributed by atoms with van der Waals surface area (Å²) in [6.45, 7) is 0. The van der Waals surface area contributed by atoms with Gasteiger partial charge < -0.3 is 10.8 Å². The van der Waals surface area contributed by atoms with Crippen LogP contribution < -0.4 is 5.73 Å². The summed E-state index contributed by atoms with van der Waals surface area (Å²) in [5.74, 6) is -4.95. The highest BCUT2D eigenvalue weighted by Gasteiger charge is 2.30. The maximum absolute atomic E-state index is 13.6. The fraction of sp³-hybridized carbons (Fsp3) is 0.500. The Labute approximate surface area is 97.2 Å². The molecule has 1 fully saturated rings. The first-order valence-corrected chi connectivity index (χ1v) is 5.64. The molecule has 2 nitrogen and oxygen atoms in total. The Morgan fingerprint density at radius 1 is 1.18 bits per heavy atom. The summed E-state index contributed by atoms with van der Waals surface area (Å²) in [7, 11) is 0. The van der Waals surface area contributed by atoms with E-state index in [-0.39, 0.29) is 11.5 Å². The molecule has 0 aliphatic heterocycles. The summed E-state index contributed by atoms with van der Waals surface area (Å²) < 4.78 is 39.5. The second-order valence-corrected chi connectivity index (χ2v) is 4.49. The van der Waals surface area contributed by atoms with Gasteiger partial charge in [-0.25, -0.2) is 13.2 Å². The zero-order chi connectivity index (χ0) is 12.6. The molecule has 5 heteroatoms. The third-order valence-electron chi connectivity index (χ3n) is 3.42. The average molecular weight is 245 g/mol. The zero-order valence-electron chi connectivity index (χ0n) is 9.22. The fourth-order valence-electron chi connectivity index (χ4n) is 2.47. The molecule has 1 atom stereocenters. The van der Waals surface area contributed by atoms with Crippen molar-refractivity contribution in [3.63, 3.8) is 0 Å². The molecule has 0 saturated heterocycles. The van der Waals surface area contributed by atoms with E-state index in [2.05, 4.69) is 0 Å². The molecule has 2 rings (SSSR count). The number of aromatic hydroxyl groups is 1. The SMILES string of the molecule is N[C@@H](c1c(O)cc(F)c(F)c1F)C1CCCC1. The highest BCUT2D eigenvalue weighted by Crippen LogP contribution is 2.39. The van der Waals surface area contributed by atoms with E-state index < -0.39 is 29.2 Å². The molecule has 3 N–H and O–H groups in total. The molecular weight excluding hydrogens is 231 g/mol. The van der Waals surface area contributed by atoms with E-state index in [1.807, 2.05) is 0 Å². The number of phenolic OH excluding ortho intramolecular Hbond substituents is 1. The normalized spacial score (nSPS) is 18.6. The molecule has 0 spiro atoms. The monoisotopic (exact) mass is 245 g/mol. The second kappa shape index (κ2) is 4.56. The summed E-state index contributed by atoms with van der Waals surface area (Å²) in [5.41, 5.74) is 5.52. The van der Waals surface area contributed by atoms with Gasteiger partial charge in [0.2, 0.25) is 0 Å². The van der Waals surface area contributed by atoms with Crippen LogP contribution in [0.5, 0.6) is 5.75 Å². The third-order valence-corrected chi connectivity index (χ3v) is 3.42. The Kier molecular flexibility index (Phi) is 3.28. The largest absolute Gasteiger partial charge is 0.507 e. The Balaban J connectivity index is 2.40. The smallest absolute Gasteiger partial charge is 0.195 e. The van der Waals surface area contributed by atoms with Crippen LogP contribution in [0.25, 0.3) is 0 Å². The van der Waals surface area contributed by atoms with Gasteiger partial charge in [-0.2, -0.15) is 0 Å². The third kappa shape index (κ3) is 2.11. The van der Waals surface area contributed by atoms with Gasteiger partial charge in [-0.15, -0.1) is 0 Å².